The highest BCUT2D eigenvalue weighted by Gasteiger charge is 2.18. The van der Waals surface area contributed by atoms with Crippen LogP contribution in [-0.2, 0) is 11.2 Å². The lowest BCUT2D eigenvalue weighted by atomic mass is 9.94. The molecule has 4 heteroatoms. The SMILES string of the molecule is O=C(Cc1cccc(F)c1Br)CC1CCSCC1. The summed E-state index contributed by atoms with van der Waals surface area (Å²) in [5, 5.41) is 0. The Morgan fingerprint density at radius 3 is 2.83 bits per heavy atom. The van der Waals surface area contributed by atoms with E-state index < -0.39 is 0 Å². The second-order valence-corrected chi connectivity index (χ2v) is 6.71. The van der Waals surface area contributed by atoms with Gasteiger partial charge in [-0.25, -0.2) is 4.39 Å². The third-order valence-electron chi connectivity index (χ3n) is 3.28. The van der Waals surface area contributed by atoms with Crippen molar-refractivity contribution in [3.8, 4) is 0 Å². The third kappa shape index (κ3) is 3.82. The number of thioether (sulfide) groups is 1. The molecule has 1 saturated heterocycles. The van der Waals surface area contributed by atoms with Crippen LogP contribution in [0.15, 0.2) is 22.7 Å². The van der Waals surface area contributed by atoms with Crippen LogP contribution in [0.25, 0.3) is 0 Å². The molecule has 0 radical (unpaired) electrons. The molecule has 0 amide bonds. The van der Waals surface area contributed by atoms with Gasteiger partial charge in [-0.1, -0.05) is 12.1 Å². The fourth-order valence-electron chi connectivity index (χ4n) is 2.24. The molecule has 0 atom stereocenters. The summed E-state index contributed by atoms with van der Waals surface area (Å²) >= 11 is 5.17. The lowest BCUT2D eigenvalue weighted by molar-refractivity contribution is -0.119. The Hall–Kier alpha value is -0.350. The number of ketones is 1. The molecule has 0 saturated carbocycles. The van der Waals surface area contributed by atoms with Crippen molar-refractivity contribution >= 4 is 33.5 Å². The molecule has 0 unspecified atom stereocenters. The molecule has 1 aliphatic rings. The summed E-state index contributed by atoms with van der Waals surface area (Å²) in [4.78, 5) is 12.0. The average Bonchev–Trinajstić information content (AvgIpc) is 2.36. The highest BCUT2D eigenvalue weighted by atomic mass is 79.9. The molecule has 1 aromatic carbocycles. The Labute approximate surface area is 120 Å². The van der Waals surface area contributed by atoms with Crippen molar-refractivity contribution in [2.45, 2.75) is 25.7 Å². The van der Waals surface area contributed by atoms with Crippen LogP contribution in [0.1, 0.15) is 24.8 Å². The molecular formula is C14H16BrFOS. The number of carbonyl (C=O) groups excluding carboxylic acids is 1. The first-order valence-corrected chi connectivity index (χ1v) is 8.14. The number of rotatable bonds is 4. The maximum absolute atomic E-state index is 13.3. The van der Waals surface area contributed by atoms with Crippen LogP contribution in [0.2, 0.25) is 0 Å². The van der Waals surface area contributed by atoms with Gasteiger partial charge in [0.2, 0.25) is 0 Å². The molecule has 98 valence electrons. The molecule has 18 heavy (non-hydrogen) atoms. The van der Waals surface area contributed by atoms with Gasteiger partial charge in [0.05, 0.1) is 4.47 Å². The number of Topliss-reactive ketones (excluding diaryl/α,β-unsaturated/α-hetero) is 1. The molecular weight excluding hydrogens is 315 g/mol. The zero-order valence-electron chi connectivity index (χ0n) is 10.1. The van der Waals surface area contributed by atoms with E-state index in [0.717, 1.165) is 18.4 Å². The minimum absolute atomic E-state index is 0.221. The van der Waals surface area contributed by atoms with Crippen LogP contribution in [-0.4, -0.2) is 17.3 Å². The van der Waals surface area contributed by atoms with Crippen LogP contribution in [0.3, 0.4) is 0 Å². The van der Waals surface area contributed by atoms with Gasteiger partial charge in [0.15, 0.2) is 0 Å². The summed E-state index contributed by atoms with van der Waals surface area (Å²) in [6.45, 7) is 0. The van der Waals surface area contributed by atoms with Crippen molar-refractivity contribution < 1.29 is 9.18 Å². The van der Waals surface area contributed by atoms with E-state index in [9.17, 15) is 9.18 Å². The monoisotopic (exact) mass is 330 g/mol. The summed E-state index contributed by atoms with van der Waals surface area (Å²) in [5.41, 5.74) is 0.755. The lowest BCUT2D eigenvalue weighted by Gasteiger charge is -2.20. The van der Waals surface area contributed by atoms with Crippen LogP contribution in [0, 0.1) is 11.7 Å². The molecule has 1 nitrogen and oxygen atoms in total. The molecule has 2 rings (SSSR count). The number of hydrogen-bond acceptors (Lipinski definition) is 2. The molecule has 1 heterocycles. The predicted molar refractivity (Wildman–Crippen MR) is 77.5 cm³/mol. The van der Waals surface area contributed by atoms with Crippen molar-refractivity contribution in [1.82, 2.24) is 0 Å². The maximum Gasteiger partial charge on any atom is 0.137 e. The smallest absolute Gasteiger partial charge is 0.137 e. The average molecular weight is 331 g/mol. The van der Waals surface area contributed by atoms with Crippen LogP contribution < -0.4 is 0 Å². The van der Waals surface area contributed by atoms with Gasteiger partial charge in [0, 0.05) is 12.8 Å². The molecule has 0 aliphatic carbocycles. The largest absolute Gasteiger partial charge is 0.299 e. The van der Waals surface area contributed by atoms with E-state index in [1.807, 2.05) is 17.8 Å². The number of hydrogen-bond donors (Lipinski definition) is 0. The van der Waals surface area contributed by atoms with Gasteiger partial charge < -0.3 is 0 Å². The third-order valence-corrected chi connectivity index (χ3v) is 5.21. The number of halogens is 2. The van der Waals surface area contributed by atoms with E-state index in [1.54, 1.807) is 6.07 Å². The summed E-state index contributed by atoms with van der Waals surface area (Å²) in [7, 11) is 0. The second kappa shape index (κ2) is 6.71. The summed E-state index contributed by atoms with van der Waals surface area (Å²) in [6.07, 6.45) is 3.26. The fourth-order valence-corrected chi connectivity index (χ4v) is 3.85. The fraction of sp³-hybridized carbons (Fsp3) is 0.500. The van der Waals surface area contributed by atoms with E-state index >= 15 is 0 Å². The van der Waals surface area contributed by atoms with Gasteiger partial charge >= 0.3 is 0 Å². The summed E-state index contributed by atoms with van der Waals surface area (Å²) in [5.74, 6) is 2.79. The molecule has 0 bridgehead atoms. The Morgan fingerprint density at radius 2 is 2.11 bits per heavy atom. The van der Waals surface area contributed by atoms with Crippen LogP contribution in [0.5, 0.6) is 0 Å². The molecule has 0 N–H and O–H groups in total. The van der Waals surface area contributed by atoms with E-state index in [0.29, 0.717) is 23.2 Å². The Balaban J connectivity index is 1.92. The normalized spacial score (nSPS) is 16.8. The standard InChI is InChI=1S/C14H16BrFOS/c15-14-11(2-1-3-13(14)16)9-12(17)8-10-4-6-18-7-5-10/h1-3,10H,4-9H2. The highest BCUT2D eigenvalue weighted by Crippen LogP contribution is 2.27. The van der Waals surface area contributed by atoms with Gasteiger partial charge in [0.25, 0.3) is 0 Å². The van der Waals surface area contributed by atoms with Crippen molar-refractivity contribution in [2.24, 2.45) is 5.92 Å². The minimum Gasteiger partial charge on any atom is -0.299 e. The number of carbonyl (C=O) groups is 1. The van der Waals surface area contributed by atoms with Crippen molar-refractivity contribution in [1.29, 1.82) is 0 Å². The minimum atomic E-state index is -0.297. The van der Waals surface area contributed by atoms with Gasteiger partial charge in [-0.2, -0.15) is 11.8 Å². The highest BCUT2D eigenvalue weighted by molar-refractivity contribution is 9.10. The first kappa shape index (κ1) is 14.1. The molecule has 1 aromatic rings. The van der Waals surface area contributed by atoms with E-state index in [1.165, 1.54) is 17.6 Å². The summed E-state index contributed by atoms with van der Waals surface area (Å²) < 4.78 is 13.8. The van der Waals surface area contributed by atoms with Crippen molar-refractivity contribution in [2.75, 3.05) is 11.5 Å². The van der Waals surface area contributed by atoms with Crippen LogP contribution in [0.4, 0.5) is 4.39 Å². The predicted octanol–water partition coefficient (Wildman–Crippen LogP) is 4.23. The van der Waals surface area contributed by atoms with Gasteiger partial charge in [0.1, 0.15) is 11.6 Å². The first-order valence-electron chi connectivity index (χ1n) is 6.19. The molecule has 0 spiro atoms. The van der Waals surface area contributed by atoms with Gasteiger partial charge in [-0.3, -0.25) is 4.79 Å². The molecule has 1 fully saturated rings. The zero-order valence-corrected chi connectivity index (χ0v) is 12.5. The van der Waals surface area contributed by atoms with E-state index in [-0.39, 0.29) is 11.6 Å². The Kier molecular flexibility index (Phi) is 5.25. The van der Waals surface area contributed by atoms with Crippen molar-refractivity contribution in [3.63, 3.8) is 0 Å². The second-order valence-electron chi connectivity index (χ2n) is 4.69. The van der Waals surface area contributed by atoms with Crippen molar-refractivity contribution in [3.05, 3.63) is 34.1 Å². The van der Waals surface area contributed by atoms with Gasteiger partial charge in [-0.05, 0) is 57.8 Å². The number of benzene rings is 1. The maximum atomic E-state index is 13.3. The lowest BCUT2D eigenvalue weighted by Crippen LogP contribution is -2.15. The zero-order chi connectivity index (χ0) is 13.0. The van der Waals surface area contributed by atoms with Gasteiger partial charge in [-0.15, -0.1) is 0 Å². The summed E-state index contributed by atoms with van der Waals surface area (Å²) in [6, 6.07) is 4.86. The van der Waals surface area contributed by atoms with E-state index in [2.05, 4.69) is 15.9 Å². The molecule has 0 aromatic heterocycles. The molecule has 1 aliphatic heterocycles. The Bertz CT molecular complexity index is 430. The van der Waals surface area contributed by atoms with E-state index in [4.69, 9.17) is 0 Å². The van der Waals surface area contributed by atoms with Crippen LogP contribution >= 0.6 is 27.7 Å². The Morgan fingerprint density at radius 1 is 1.39 bits per heavy atom. The topological polar surface area (TPSA) is 17.1 Å². The quantitative estimate of drug-likeness (QED) is 0.821. The first-order chi connectivity index (χ1) is 8.66.